The first-order chi connectivity index (χ1) is 17.5. The van der Waals surface area contributed by atoms with E-state index in [4.69, 9.17) is 15.4 Å². The van der Waals surface area contributed by atoms with Crippen molar-refractivity contribution in [3.63, 3.8) is 0 Å². The van der Waals surface area contributed by atoms with Crippen LogP contribution in [0.15, 0.2) is 60.8 Å². The first-order valence-corrected chi connectivity index (χ1v) is 12.4. The van der Waals surface area contributed by atoms with Gasteiger partial charge < -0.3 is 15.8 Å². The van der Waals surface area contributed by atoms with E-state index >= 15 is 0 Å². The maximum absolute atomic E-state index is 13.0. The number of carbonyl (C=O) groups is 2. The van der Waals surface area contributed by atoms with Gasteiger partial charge in [0.25, 0.3) is 5.91 Å². The monoisotopic (exact) mass is 489 g/mol. The second-order valence-electron chi connectivity index (χ2n) is 9.44. The Morgan fingerprint density at radius 1 is 1.14 bits per heavy atom. The van der Waals surface area contributed by atoms with Gasteiger partial charge in [0.1, 0.15) is 17.9 Å². The molecule has 3 aromatic rings. The van der Waals surface area contributed by atoms with Gasteiger partial charge >= 0.3 is 0 Å². The molecule has 2 saturated heterocycles. The van der Waals surface area contributed by atoms with Crippen molar-refractivity contribution in [2.75, 3.05) is 19.6 Å². The lowest BCUT2D eigenvalue weighted by atomic mass is 9.89. The Morgan fingerprint density at radius 2 is 1.92 bits per heavy atom. The van der Waals surface area contributed by atoms with Gasteiger partial charge in [0.05, 0.1) is 12.1 Å². The highest BCUT2D eigenvalue weighted by molar-refractivity contribution is 5.89. The fraction of sp³-hybridized carbons (Fsp3) is 0.370. The lowest BCUT2D eigenvalue weighted by Gasteiger charge is -2.24. The molecule has 2 aliphatic rings. The summed E-state index contributed by atoms with van der Waals surface area (Å²) in [6.45, 7) is 2.53. The number of hydrogen-bond acceptors (Lipinski definition) is 7. The molecule has 1 aromatic heterocycles. The highest BCUT2D eigenvalue weighted by atomic mass is 16.8. The molecule has 0 spiro atoms. The molecule has 36 heavy (non-hydrogen) atoms. The SMILES string of the molecule is NC1(c2ccc(OCc3ccnc4ccccc34)cc2)CCN(ONC(=O)CC2CCNCC2)C1=O. The number of nitrogens with one attached hydrogen (secondary N) is 2. The van der Waals surface area contributed by atoms with Crippen LogP contribution in [0.1, 0.15) is 36.8 Å². The number of carbonyl (C=O) groups excluding carboxylic acids is 2. The Kier molecular flexibility index (Phi) is 7.13. The summed E-state index contributed by atoms with van der Waals surface area (Å²) in [5.74, 6) is 0.386. The minimum Gasteiger partial charge on any atom is -0.489 e. The van der Waals surface area contributed by atoms with Crippen molar-refractivity contribution in [1.29, 1.82) is 0 Å². The van der Waals surface area contributed by atoms with Crippen LogP contribution in [0.3, 0.4) is 0 Å². The van der Waals surface area contributed by atoms with E-state index in [0.717, 1.165) is 47.5 Å². The Balaban J connectivity index is 1.16. The molecule has 0 bridgehead atoms. The van der Waals surface area contributed by atoms with Gasteiger partial charge in [-0.15, -0.1) is 0 Å². The Bertz CT molecular complexity index is 1220. The molecule has 3 heterocycles. The van der Waals surface area contributed by atoms with Crippen LogP contribution < -0.4 is 21.3 Å². The van der Waals surface area contributed by atoms with Crippen molar-refractivity contribution in [3.8, 4) is 5.75 Å². The summed E-state index contributed by atoms with van der Waals surface area (Å²) in [6, 6.07) is 17.1. The third-order valence-electron chi connectivity index (χ3n) is 7.02. The number of para-hydroxylation sites is 1. The number of piperidine rings is 1. The quantitative estimate of drug-likeness (QED) is 0.416. The first kappa shape index (κ1) is 24.2. The van der Waals surface area contributed by atoms with Crippen molar-refractivity contribution in [1.82, 2.24) is 20.8 Å². The summed E-state index contributed by atoms with van der Waals surface area (Å²) in [7, 11) is 0. The summed E-state index contributed by atoms with van der Waals surface area (Å²) >= 11 is 0. The van der Waals surface area contributed by atoms with E-state index in [9.17, 15) is 9.59 Å². The van der Waals surface area contributed by atoms with E-state index in [2.05, 4.69) is 15.8 Å². The van der Waals surface area contributed by atoms with Gasteiger partial charge in [-0.1, -0.05) is 30.3 Å². The van der Waals surface area contributed by atoms with Crippen LogP contribution in [0.5, 0.6) is 5.75 Å². The van der Waals surface area contributed by atoms with Gasteiger partial charge in [0.15, 0.2) is 0 Å². The average Bonchev–Trinajstić information content (AvgIpc) is 3.21. The third kappa shape index (κ3) is 5.18. The van der Waals surface area contributed by atoms with Crippen LogP contribution in [-0.4, -0.2) is 41.5 Å². The number of fused-ring (bicyclic) bond motifs is 1. The third-order valence-corrected chi connectivity index (χ3v) is 7.02. The zero-order valence-corrected chi connectivity index (χ0v) is 20.1. The van der Waals surface area contributed by atoms with Crippen LogP contribution in [0.4, 0.5) is 0 Å². The average molecular weight is 490 g/mol. The van der Waals surface area contributed by atoms with Crippen LogP contribution in [0, 0.1) is 5.92 Å². The molecule has 0 saturated carbocycles. The number of ether oxygens (including phenoxy) is 1. The zero-order chi connectivity index (χ0) is 25.0. The molecule has 188 valence electrons. The Labute approximate surface area is 209 Å². The topological polar surface area (TPSA) is 119 Å². The van der Waals surface area contributed by atoms with Crippen LogP contribution in [0.2, 0.25) is 0 Å². The standard InChI is InChI=1S/C27H31N5O4/c28-27(12-16-32(26(27)34)36-31-25(33)17-19-9-13-29-14-10-19)21-5-7-22(8-6-21)35-18-20-11-15-30-24-4-2-1-3-23(20)24/h1-8,11,15,19,29H,9-10,12-14,16-18,28H2,(H,31,33). The number of hydrogen-bond donors (Lipinski definition) is 3. The first-order valence-electron chi connectivity index (χ1n) is 12.4. The summed E-state index contributed by atoms with van der Waals surface area (Å²) in [5.41, 5.74) is 10.3. The van der Waals surface area contributed by atoms with E-state index in [1.165, 1.54) is 0 Å². The number of aromatic nitrogens is 1. The molecule has 2 aromatic carbocycles. The van der Waals surface area contributed by atoms with Crippen molar-refractivity contribution < 1.29 is 19.3 Å². The second kappa shape index (κ2) is 10.6. The molecule has 9 heteroatoms. The molecule has 1 atom stereocenters. The lowest BCUT2D eigenvalue weighted by molar-refractivity contribution is -0.209. The fourth-order valence-corrected chi connectivity index (χ4v) is 4.85. The fourth-order valence-electron chi connectivity index (χ4n) is 4.85. The summed E-state index contributed by atoms with van der Waals surface area (Å²) in [4.78, 5) is 35.0. The molecule has 4 N–H and O–H groups in total. The normalized spacial score (nSPS) is 20.6. The summed E-state index contributed by atoms with van der Waals surface area (Å²) in [6.07, 6.45) is 4.45. The number of hydroxylamine groups is 3. The van der Waals surface area contributed by atoms with Gasteiger partial charge in [-0.25, -0.2) is 5.48 Å². The van der Waals surface area contributed by atoms with Crippen molar-refractivity contribution >= 4 is 22.7 Å². The maximum atomic E-state index is 13.0. The van der Waals surface area contributed by atoms with Crippen LogP contribution >= 0.6 is 0 Å². The van der Waals surface area contributed by atoms with Crippen LogP contribution in [0.25, 0.3) is 10.9 Å². The van der Waals surface area contributed by atoms with Gasteiger partial charge in [-0.3, -0.25) is 14.6 Å². The molecule has 1 unspecified atom stereocenters. The van der Waals surface area contributed by atoms with E-state index in [1.54, 1.807) is 18.3 Å². The van der Waals surface area contributed by atoms with Gasteiger partial charge in [0.2, 0.25) is 5.91 Å². The van der Waals surface area contributed by atoms with Gasteiger partial charge in [-0.05, 0) is 68.1 Å². The minimum absolute atomic E-state index is 0.229. The van der Waals surface area contributed by atoms with E-state index < -0.39 is 5.54 Å². The van der Waals surface area contributed by atoms with Crippen molar-refractivity contribution in [3.05, 3.63) is 71.9 Å². The zero-order valence-electron chi connectivity index (χ0n) is 20.1. The van der Waals surface area contributed by atoms with E-state index in [1.807, 2.05) is 42.5 Å². The predicted octanol–water partition coefficient (Wildman–Crippen LogP) is 2.55. The van der Waals surface area contributed by atoms with Crippen LogP contribution in [-0.2, 0) is 26.7 Å². The predicted molar refractivity (Wildman–Crippen MR) is 134 cm³/mol. The maximum Gasteiger partial charge on any atom is 0.272 e. The van der Waals surface area contributed by atoms with Crippen molar-refractivity contribution in [2.45, 2.75) is 37.8 Å². The highest BCUT2D eigenvalue weighted by Gasteiger charge is 2.46. The van der Waals surface area contributed by atoms with E-state index in [-0.39, 0.29) is 18.4 Å². The van der Waals surface area contributed by atoms with Gasteiger partial charge in [-0.2, -0.15) is 10.0 Å². The van der Waals surface area contributed by atoms with Crippen molar-refractivity contribution in [2.24, 2.45) is 11.7 Å². The summed E-state index contributed by atoms with van der Waals surface area (Å²) in [5, 5.41) is 5.47. The molecule has 5 rings (SSSR count). The number of nitrogens with zero attached hydrogens (tertiary/aromatic N) is 2. The highest BCUT2D eigenvalue weighted by Crippen LogP contribution is 2.32. The largest absolute Gasteiger partial charge is 0.489 e. The summed E-state index contributed by atoms with van der Waals surface area (Å²) < 4.78 is 5.99. The number of nitrogens with two attached hydrogens (primary N) is 1. The minimum atomic E-state index is -1.22. The molecule has 9 nitrogen and oxygen atoms in total. The van der Waals surface area contributed by atoms with Gasteiger partial charge in [0, 0.05) is 23.6 Å². The lowest BCUT2D eigenvalue weighted by Crippen LogP contribution is -2.47. The second-order valence-corrected chi connectivity index (χ2v) is 9.44. The molecular formula is C27H31N5O4. The molecular weight excluding hydrogens is 458 g/mol. The Morgan fingerprint density at radius 3 is 2.72 bits per heavy atom. The Hall–Kier alpha value is -3.53. The number of benzene rings is 2. The molecule has 2 amide bonds. The molecule has 2 fully saturated rings. The molecule has 0 radical (unpaired) electrons. The number of rotatable bonds is 8. The van der Waals surface area contributed by atoms with E-state index in [0.29, 0.717) is 36.7 Å². The number of pyridine rings is 1. The number of amides is 2. The molecule has 2 aliphatic heterocycles. The molecule has 0 aliphatic carbocycles. The smallest absolute Gasteiger partial charge is 0.272 e.